The zero-order chi connectivity index (χ0) is 9.64. The molecule has 2 atom stereocenters. The standard InChI is InChI=1S/C11H19FO/c1-7(2)11(12)5-8-3-10(13)4-9(8)6-11/h7-10,13H,3-6H2,1-2H3. The highest BCUT2D eigenvalue weighted by Crippen LogP contribution is 2.52. The Kier molecular flexibility index (Phi) is 2.14. The molecule has 0 aliphatic heterocycles. The van der Waals surface area contributed by atoms with E-state index in [1.165, 1.54) is 0 Å². The summed E-state index contributed by atoms with van der Waals surface area (Å²) < 4.78 is 14.2. The molecule has 0 radical (unpaired) electrons. The second-order valence-electron chi connectivity index (χ2n) is 5.24. The highest BCUT2D eigenvalue weighted by molar-refractivity contribution is 5.01. The Labute approximate surface area is 79.3 Å². The maximum Gasteiger partial charge on any atom is 0.113 e. The predicted octanol–water partition coefficient (Wildman–Crippen LogP) is 2.53. The molecule has 0 heterocycles. The molecule has 2 aliphatic rings. The Morgan fingerprint density at radius 3 is 2.08 bits per heavy atom. The van der Waals surface area contributed by atoms with Crippen LogP contribution in [0.1, 0.15) is 39.5 Å². The smallest absolute Gasteiger partial charge is 0.113 e. The maximum absolute atomic E-state index is 14.2. The molecule has 0 spiro atoms. The zero-order valence-electron chi connectivity index (χ0n) is 8.46. The van der Waals surface area contributed by atoms with Gasteiger partial charge in [-0.2, -0.15) is 0 Å². The van der Waals surface area contributed by atoms with Crippen LogP contribution in [-0.4, -0.2) is 16.9 Å². The Hall–Kier alpha value is -0.110. The van der Waals surface area contributed by atoms with Crippen molar-refractivity contribution in [3.05, 3.63) is 0 Å². The molecular formula is C11H19FO. The van der Waals surface area contributed by atoms with E-state index in [9.17, 15) is 9.50 Å². The maximum atomic E-state index is 14.2. The van der Waals surface area contributed by atoms with Crippen LogP contribution in [0.15, 0.2) is 0 Å². The van der Waals surface area contributed by atoms with Crippen molar-refractivity contribution < 1.29 is 9.50 Å². The van der Waals surface area contributed by atoms with Gasteiger partial charge in [0.05, 0.1) is 6.10 Å². The topological polar surface area (TPSA) is 20.2 Å². The van der Waals surface area contributed by atoms with Crippen molar-refractivity contribution in [3.8, 4) is 0 Å². The minimum absolute atomic E-state index is 0.134. The largest absolute Gasteiger partial charge is 0.393 e. The van der Waals surface area contributed by atoms with Gasteiger partial charge in [0.25, 0.3) is 0 Å². The fourth-order valence-corrected chi connectivity index (χ4v) is 3.11. The van der Waals surface area contributed by atoms with Crippen LogP contribution >= 0.6 is 0 Å². The monoisotopic (exact) mass is 186 g/mol. The summed E-state index contributed by atoms with van der Waals surface area (Å²) in [7, 11) is 0. The van der Waals surface area contributed by atoms with Gasteiger partial charge in [0, 0.05) is 0 Å². The number of fused-ring (bicyclic) bond motifs is 1. The lowest BCUT2D eigenvalue weighted by Crippen LogP contribution is -2.27. The fourth-order valence-electron chi connectivity index (χ4n) is 3.11. The second kappa shape index (κ2) is 2.94. The van der Waals surface area contributed by atoms with Crippen LogP contribution < -0.4 is 0 Å². The van der Waals surface area contributed by atoms with Crippen LogP contribution in [-0.2, 0) is 0 Å². The molecule has 1 nitrogen and oxygen atoms in total. The first-order valence-electron chi connectivity index (χ1n) is 5.38. The summed E-state index contributed by atoms with van der Waals surface area (Å²) in [4.78, 5) is 0. The van der Waals surface area contributed by atoms with Crippen LogP contribution in [0.3, 0.4) is 0 Å². The van der Waals surface area contributed by atoms with Gasteiger partial charge >= 0.3 is 0 Å². The molecule has 0 saturated heterocycles. The predicted molar refractivity (Wildman–Crippen MR) is 50.1 cm³/mol. The van der Waals surface area contributed by atoms with Gasteiger partial charge in [-0.05, 0) is 43.4 Å². The van der Waals surface area contributed by atoms with Crippen LogP contribution in [0.5, 0.6) is 0 Å². The average molecular weight is 186 g/mol. The summed E-state index contributed by atoms with van der Waals surface area (Å²) in [5.41, 5.74) is -0.935. The molecule has 0 aromatic rings. The summed E-state index contributed by atoms with van der Waals surface area (Å²) in [6, 6.07) is 0. The van der Waals surface area contributed by atoms with E-state index in [4.69, 9.17) is 0 Å². The van der Waals surface area contributed by atoms with Gasteiger partial charge in [-0.25, -0.2) is 4.39 Å². The van der Waals surface area contributed by atoms with Crippen LogP contribution in [0, 0.1) is 17.8 Å². The Morgan fingerprint density at radius 1 is 1.23 bits per heavy atom. The number of alkyl halides is 1. The summed E-state index contributed by atoms with van der Waals surface area (Å²) in [5, 5.41) is 9.42. The highest BCUT2D eigenvalue weighted by atomic mass is 19.1. The molecule has 0 aromatic carbocycles. The van der Waals surface area contributed by atoms with Crippen LogP contribution in [0.4, 0.5) is 4.39 Å². The van der Waals surface area contributed by atoms with E-state index in [0.29, 0.717) is 24.7 Å². The third-order valence-electron chi connectivity index (χ3n) is 4.05. The lowest BCUT2D eigenvalue weighted by Gasteiger charge is -2.25. The van der Waals surface area contributed by atoms with Crippen molar-refractivity contribution in [1.82, 2.24) is 0 Å². The molecule has 0 amide bonds. The Morgan fingerprint density at radius 2 is 1.69 bits per heavy atom. The number of rotatable bonds is 1. The van der Waals surface area contributed by atoms with Crippen molar-refractivity contribution in [3.63, 3.8) is 0 Å². The van der Waals surface area contributed by atoms with Crippen molar-refractivity contribution in [2.24, 2.45) is 17.8 Å². The molecule has 13 heavy (non-hydrogen) atoms. The number of aliphatic hydroxyl groups excluding tert-OH is 1. The molecule has 1 N–H and O–H groups in total. The normalized spacial score (nSPS) is 50.1. The molecule has 2 fully saturated rings. The molecule has 76 valence electrons. The van der Waals surface area contributed by atoms with E-state index in [1.807, 2.05) is 13.8 Å². The van der Waals surface area contributed by atoms with Crippen molar-refractivity contribution in [2.75, 3.05) is 0 Å². The summed E-state index contributed by atoms with van der Waals surface area (Å²) in [5.74, 6) is 1.06. The number of hydrogen-bond acceptors (Lipinski definition) is 1. The second-order valence-corrected chi connectivity index (χ2v) is 5.24. The lowest BCUT2D eigenvalue weighted by atomic mass is 9.88. The van der Waals surface area contributed by atoms with Gasteiger partial charge in [-0.3, -0.25) is 0 Å². The number of halogens is 1. The third kappa shape index (κ3) is 1.50. The first-order chi connectivity index (χ1) is 6.01. The quantitative estimate of drug-likeness (QED) is 0.667. The minimum Gasteiger partial charge on any atom is -0.393 e. The lowest BCUT2D eigenvalue weighted by molar-refractivity contribution is 0.0844. The fraction of sp³-hybridized carbons (Fsp3) is 1.00. The zero-order valence-corrected chi connectivity index (χ0v) is 8.46. The average Bonchev–Trinajstić information content (AvgIpc) is 2.42. The van der Waals surface area contributed by atoms with Gasteiger partial charge in [0.2, 0.25) is 0 Å². The molecular weight excluding hydrogens is 167 g/mol. The SMILES string of the molecule is CC(C)C1(F)CC2CC(O)CC2C1. The van der Waals surface area contributed by atoms with E-state index in [0.717, 1.165) is 12.8 Å². The number of aliphatic hydroxyl groups is 1. The molecule has 2 heteroatoms. The van der Waals surface area contributed by atoms with Gasteiger partial charge < -0.3 is 5.11 Å². The molecule has 0 bridgehead atoms. The molecule has 0 aromatic heterocycles. The first-order valence-corrected chi connectivity index (χ1v) is 5.38. The Balaban J connectivity index is 2.04. The Bertz CT molecular complexity index is 188. The van der Waals surface area contributed by atoms with Gasteiger partial charge in [0.1, 0.15) is 5.67 Å². The van der Waals surface area contributed by atoms with Crippen LogP contribution in [0.2, 0.25) is 0 Å². The van der Waals surface area contributed by atoms with Crippen molar-refractivity contribution in [1.29, 1.82) is 0 Å². The molecule has 2 rings (SSSR count). The van der Waals surface area contributed by atoms with Crippen LogP contribution in [0.25, 0.3) is 0 Å². The van der Waals surface area contributed by atoms with E-state index >= 15 is 0 Å². The minimum atomic E-state index is -0.935. The summed E-state index contributed by atoms with van der Waals surface area (Å²) in [6.07, 6.45) is 2.90. The first kappa shape index (κ1) is 9.45. The van der Waals surface area contributed by atoms with Gasteiger partial charge in [-0.15, -0.1) is 0 Å². The number of hydrogen-bond donors (Lipinski definition) is 1. The highest BCUT2D eigenvalue weighted by Gasteiger charge is 2.50. The van der Waals surface area contributed by atoms with Gasteiger partial charge in [-0.1, -0.05) is 13.8 Å². The summed E-state index contributed by atoms with van der Waals surface area (Å²) >= 11 is 0. The van der Waals surface area contributed by atoms with E-state index in [1.54, 1.807) is 0 Å². The molecule has 2 saturated carbocycles. The summed E-state index contributed by atoms with van der Waals surface area (Å²) in [6.45, 7) is 3.94. The third-order valence-corrected chi connectivity index (χ3v) is 4.05. The van der Waals surface area contributed by atoms with E-state index < -0.39 is 5.67 Å². The van der Waals surface area contributed by atoms with E-state index in [2.05, 4.69) is 0 Å². The molecule has 2 unspecified atom stereocenters. The van der Waals surface area contributed by atoms with Crippen molar-refractivity contribution in [2.45, 2.75) is 51.3 Å². The molecule has 2 aliphatic carbocycles. The van der Waals surface area contributed by atoms with Gasteiger partial charge in [0.15, 0.2) is 0 Å². The van der Waals surface area contributed by atoms with Crippen molar-refractivity contribution >= 4 is 0 Å². The van der Waals surface area contributed by atoms with E-state index in [-0.39, 0.29) is 12.0 Å².